The maximum Gasteiger partial charge on any atom is -0.0143 e. The van der Waals surface area contributed by atoms with Gasteiger partial charge in [0.25, 0.3) is 0 Å². The van der Waals surface area contributed by atoms with E-state index in [1.54, 1.807) is 0 Å². The van der Waals surface area contributed by atoms with Crippen LogP contribution in [0, 0.1) is 6.92 Å². The first-order valence-corrected chi connectivity index (χ1v) is 10.0. The summed E-state index contributed by atoms with van der Waals surface area (Å²) in [4.78, 5) is 0. The van der Waals surface area contributed by atoms with E-state index in [1.165, 1.54) is 49.7 Å². The van der Waals surface area contributed by atoms with Gasteiger partial charge in [-0.2, -0.15) is 0 Å². The van der Waals surface area contributed by atoms with Gasteiger partial charge >= 0.3 is 0 Å². The van der Waals surface area contributed by atoms with Gasteiger partial charge in [0, 0.05) is 0 Å². The van der Waals surface area contributed by atoms with Gasteiger partial charge in [0.1, 0.15) is 0 Å². The average molecular weight is 355 g/mol. The molecular weight excluding hydrogens is 324 g/mol. The van der Waals surface area contributed by atoms with Crippen LogP contribution >= 0.6 is 0 Å². The molecule has 0 fully saturated rings. The predicted molar refractivity (Wildman–Crippen MR) is 121 cm³/mol. The van der Waals surface area contributed by atoms with Crippen LogP contribution in [0.5, 0.6) is 0 Å². The van der Waals surface area contributed by atoms with E-state index < -0.39 is 0 Å². The maximum absolute atomic E-state index is 2.35. The van der Waals surface area contributed by atoms with Crippen LogP contribution in [-0.2, 0) is 12.8 Å². The van der Waals surface area contributed by atoms with Gasteiger partial charge in [0.15, 0.2) is 0 Å². The molecule has 0 heteroatoms. The second-order valence-corrected chi connectivity index (χ2v) is 7.40. The van der Waals surface area contributed by atoms with Crippen molar-refractivity contribution in [3.05, 3.63) is 94.6 Å². The third-order valence-corrected chi connectivity index (χ3v) is 5.58. The lowest BCUT2D eigenvalue weighted by atomic mass is 9.94. The highest BCUT2D eigenvalue weighted by molar-refractivity contribution is 5.90. The molecule has 0 unspecified atom stereocenters. The number of hydrogen-bond acceptors (Lipinski definition) is 0. The zero-order valence-electron chi connectivity index (χ0n) is 17.3. The summed E-state index contributed by atoms with van der Waals surface area (Å²) in [5, 5.41) is 2.72. The summed E-state index contributed by atoms with van der Waals surface area (Å²) in [5.74, 6) is 0. The molecule has 0 saturated heterocycles. The summed E-state index contributed by atoms with van der Waals surface area (Å²) >= 11 is 0. The fourth-order valence-corrected chi connectivity index (χ4v) is 3.65. The third-order valence-electron chi connectivity index (χ3n) is 5.58. The van der Waals surface area contributed by atoms with Crippen molar-refractivity contribution in [2.75, 3.05) is 0 Å². The highest BCUT2D eigenvalue weighted by Gasteiger charge is 2.05. The van der Waals surface area contributed by atoms with Gasteiger partial charge in [-0.25, -0.2) is 0 Å². The van der Waals surface area contributed by atoms with Gasteiger partial charge in [0.2, 0.25) is 0 Å². The van der Waals surface area contributed by atoms with E-state index in [-0.39, 0.29) is 0 Å². The van der Waals surface area contributed by atoms with Gasteiger partial charge in [-0.05, 0) is 89.4 Å². The molecule has 0 aliphatic heterocycles. The molecule has 0 heterocycles. The van der Waals surface area contributed by atoms with Gasteiger partial charge in [0.05, 0.1) is 0 Å². The Kier molecular flexibility index (Phi) is 5.96. The number of allylic oxidation sites excluding steroid dienone is 4. The number of benzene rings is 3. The van der Waals surface area contributed by atoms with Crippen molar-refractivity contribution in [1.29, 1.82) is 0 Å². The normalized spacial score (nSPS) is 12.6. The van der Waals surface area contributed by atoms with Crippen molar-refractivity contribution in [2.45, 2.75) is 47.5 Å². The summed E-state index contributed by atoms with van der Waals surface area (Å²) in [7, 11) is 0. The van der Waals surface area contributed by atoms with Gasteiger partial charge in [-0.1, -0.05) is 74.5 Å². The van der Waals surface area contributed by atoms with Crippen LogP contribution in [0.4, 0.5) is 0 Å². The van der Waals surface area contributed by atoms with Crippen LogP contribution < -0.4 is 0 Å². The van der Waals surface area contributed by atoms with E-state index in [9.17, 15) is 0 Å². The molecule has 0 bridgehead atoms. The summed E-state index contributed by atoms with van der Waals surface area (Å²) in [6, 6.07) is 20.2. The van der Waals surface area contributed by atoms with Crippen molar-refractivity contribution in [1.82, 2.24) is 0 Å². The molecule has 138 valence electrons. The topological polar surface area (TPSA) is 0 Å². The Morgan fingerprint density at radius 2 is 1.33 bits per heavy atom. The second-order valence-electron chi connectivity index (χ2n) is 7.40. The van der Waals surface area contributed by atoms with Crippen LogP contribution in [0.25, 0.3) is 21.9 Å². The van der Waals surface area contributed by atoms with Crippen LogP contribution in [0.1, 0.15) is 55.5 Å². The Balaban J connectivity index is 1.93. The zero-order valence-corrected chi connectivity index (χ0v) is 17.3. The summed E-state index contributed by atoms with van der Waals surface area (Å²) in [6.45, 7) is 11.0. The molecule has 3 rings (SSSR count). The number of fused-ring (bicyclic) bond motifs is 1. The van der Waals surface area contributed by atoms with E-state index in [1.807, 2.05) is 0 Å². The number of rotatable bonds is 5. The highest BCUT2D eigenvalue weighted by atomic mass is 14.1. The maximum atomic E-state index is 2.35. The molecule has 3 aromatic rings. The van der Waals surface area contributed by atoms with E-state index in [4.69, 9.17) is 0 Å². The van der Waals surface area contributed by atoms with Crippen molar-refractivity contribution >= 4 is 21.9 Å². The van der Waals surface area contributed by atoms with E-state index in [0.717, 1.165) is 12.8 Å². The Bertz CT molecular complexity index is 998. The molecule has 3 aromatic carbocycles. The predicted octanol–water partition coefficient (Wildman–Crippen LogP) is 7.78. The molecule has 0 nitrogen and oxygen atoms in total. The molecule has 0 aromatic heterocycles. The molecule has 0 spiro atoms. The average Bonchev–Trinajstić information content (AvgIpc) is 2.71. The molecule has 0 N–H and O–H groups in total. The van der Waals surface area contributed by atoms with Gasteiger partial charge in [-0.15, -0.1) is 0 Å². The zero-order chi connectivity index (χ0) is 19.4. The van der Waals surface area contributed by atoms with Crippen LogP contribution in [0.15, 0.2) is 66.7 Å². The lowest BCUT2D eigenvalue weighted by Crippen LogP contribution is -1.90. The van der Waals surface area contributed by atoms with Gasteiger partial charge in [-0.3, -0.25) is 0 Å². The summed E-state index contributed by atoms with van der Waals surface area (Å²) in [6.07, 6.45) is 6.63. The first-order valence-electron chi connectivity index (χ1n) is 10.0. The lowest BCUT2D eigenvalue weighted by molar-refractivity contribution is 1.13. The molecule has 0 amide bonds. The number of aryl methyl sites for hydroxylation is 3. The minimum Gasteiger partial charge on any atom is -0.0613 e. The summed E-state index contributed by atoms with van der Waals surface area (Å²) < 4.78 is 0. The molecule has 0 aliphatic carbocycles. The largest absolute Gasteiger partial charge is 0.0613 e. The Labute approximate surface area is 164 Å². The molecule has 0 radical (unpaired) electrons. The fraction of sp³-hybridized carbons (Fsp3) is 0.259. The van der Waals surface area contributed by atoms with Crippen molar-refractivity contribution in [3.8, 4) is 0 Å². The standard InChI is InChI=1S/C27H30/c1-6-22-11-14-23(15-12-22)19(3)8-9-20(4)25-17-16-24-13-10-21(5)26(7-2)27(24)18-25/h8-18H,6-7H2,1-5H3/b19-8+,20-9+. The molecular formula is C27H30. The quantitative estimate of drug-likeness (QED) is 0.410. The monoisotopic (exact) mass is 354 g/mol. The third kappa shape index (κ3) is 4.22. The molecule has 0 saturated carbocycles. The Morgan fingerprint density at radius 3 is 1.96 bits per heavy atom. The Morgan fingerprint density at radius 1 is 0.741 bits per heavy atom. The highest BCUT2D eigenvalue weighted by Crippen LogP contribution is 2.27. The Hall–Kier alpha value is -2.60. The van der Waals surface area contributed by atoms with Crippen LogP contribution in [0.2, 0.25) is 0 Å². The number of hydrogen-bond donors (Lipinski definition) is 0. The summed E-state index contributed by atoms with van der Waals surface area (Å²) in [5.41, 5.74) is 9.41. The minimum absolute atomic E-state index is 1.07. The molecule has 0 atom stereocenters. The van der Waals surface area contributed by atoms with Gasteiger partial charge < -0.3 is 0 Å². The first-order chi connectivity index (χ1) is 13.0. The van der Waals surface area contributed by atoms with Crippen molar-refractivity contribution in [3.63, 3.8) is 0 Å². The fourth-order valence-electron chi connectivity index (χ4n) is 3.65. The van der Waals surface area contributed by atoms with Crippen LogP contribution in [-0.4, -0.2) is 0 Å². The smallest absolute Gasteiger partial charge is 0.0143 e. The molecule has 0 aliphatic rings. The van der Waals surface area contributed by atoms with E-state index in [0.29, 0.717) is 0 Å². The SMILES string of the molecule is CCc1ccc(/C(C)=C/C=C(\C)c2ccc3ccc(C)c(CC)c3c2)cc1. The van der Waals surface area contributed by atoms with E-state index >= 15 is 0 Å². The molecule has 27 heavy (non-hydrogen) atoms. The minimum atomic E-state index is 1.07. The first kappa shape index (κ1) is 19.2. The van der Waals surface area contributed by atoms with Crippen LogP contribution in [0.3, 0.4) is 0 Å². The lowest BCUT2D eigenvalue weighted by Gasteiger charge is -2.11. The second kappa shape index (κ2) is 8.39. The van der Waals surface area contributed by atoms with Crippen molar-refractivity contribution in [2.24, 2.45) is 0 Å². The van der Waals surface area contributed by atoms with Crippen molar-refractivity contribution < 1.29 is 0 Å². The van der Waals surface area contributed by atoms with E-state index in [2.05, 4.69) is 101 Å².